The fourth-order valence-electron chi connectivity index (χ4n) is 6.69. The Bertz CT molecular complexity index is 1470. The van der Waals surface area contributed by atoms with Crippen molar-refractivity contribution in [3.8, 4) is 0 Å². The molecule has 1 saturated heterocycles. The molecule has 4 aromatic rings. The first kappa shape index (κ1) is 29.7. The number of rotatable bonds is 11. The van der Waals surface area contributed by atoms with Crippen molar-refractivity contribution in [3.63, 3.8) is 0 Å². The maximum atomic E-state index is 12.8. The average molecular weight is 570 g/mol. The van der Waals surface area contributed by atoms with Gasteiger partial charge in [-0.1, -0.05) is 91.0 Å². The highest BCUT2D eigenvalue weighted by Gasteiger charge is 2.58. The van der Waals surface area contributed by atoms with Gasteiger partial charge in [-0.2, -0.15) is 0 Å². The molecule has 2 heterocycles. The van der Waals surface area contributed by atoms with E-state index in [1.165, 1.54) is 4.57 Å². The van der Waals surface area contributed by atoms with Crippen LogP contribution >= 0.6 is 0 Å². The lowest BCUT2D eigenvalue weighted by atomic mass is 9.62. The molecule has 1 aliphatic rings. The van der Waals surface area contributed by atoms with E-state index in [0.29, 0.717) is 31.4 Å². The topological polar surface area (TPSA) is 109 Å². The number of aryl methyl sites for hydroxylation is 1. The van der Waals surface area contributed by atoms with E-state index in [2.05, 4.69) is 41.4 Å². The van der Waals surface area contributed by atoms with Gasteiger partial charge in [-0.05, 0) is 48.9 Å². The van der Waals surface area contributed by atoms with Crippen molar-refractivity contribution in [2.75, 3.05) is 20.8 Å². The number of aromatic nitrogens is 2. The summed E-state index contributed by atoms with van der Waals surface area (Å²) < 4.78 is 21.3. The molecule has 0 saturated carbocycles. The number of nitrogens with one attached hydrogen (secondary N) is 1. The second-order valence-electron chi connectivity index (χ2n) is 10.9. The van der Waals surface area contributed by atoms with Crippen molar-refractivity contribution in [1.82, 2.24) is 9.55 Å². The van der Waals surface area contributed by atoms with Crippen LogP contribution in [0.5, 0.6) is 0 Å². The van der Waals surface area contributed by atoms with Crippen molar-refractivity contribution >= 4 is 0 Å². The predicted octanol–water partition coefficient (Wildman–Crippen LogP) is 4.51. The Labute approximate surface area is 246 Å². The Morgan fingerprint density at radius 3 is 1.83 bits per heavy atom. The molecule has 1 aliphatic heterocycles. The van der Waals surface area contributed by atoms with Crippen LogP contribution < -0.4 is 17.0 Å². The number of aromatic amines is 1. The van der Waals surface area contributed by atoms with Gasteiger partial charge in [0.05, 0.1) is 11.5 Å². The Kier molecular flexibility index (Phi) is 8.89. The Morgan fingerprint density at radius 1 is 0.881 bits per heavy atom. The van der Waals surface area contributed by atoms with Crippen molar-refractivity contribution in [2.24, 2.45) is 11.7 Å². The lowest BCUT2D eigenvalue weighted by molar-refractivity contribution is -0.253. The quantitative estimate of drug-likeness (QED) is 0.203. The highest BCUT2D eigenvalue weighted by molar-refractivity contribution is 5.53. The van der Waals surface area contributed by atoms with Crippen molar-refractivity contribution < 1.29 is 14.2 Å². The minimum Gasteiger partial charge on any atom is -0.354 e. The molecule has 42 heavy (non-hydrogen) atoms. The summed E-state index contributed by atoms with van der Waals surface area (Å²) in [6.45, 7) is 2.14. The zero-order valence-corrected chi connectivity index (χ0v) is 24.4. The first-order valence-corrected chi connectivity index (χ1v) is 14.3. The van der Waals surface area contributed by atoms with E-state index in [0.717, 1.165) is 16.7 Å². The lowest BCUT2D eigenvalue weighted by Gasteiger charge is -2.51. The van der Waals surface area contributed by atoms with Crippen LogP contribution in [0.2, 0.25) is 0 Å². The molecule has 3 N–H and O–H groups in total. The first-order valence-electron chi connectivity index (χ1n) is 14.3. The zero-order chi connectivity index (χ0) is 29.7. The highest BCUT2D eigenvalue weighted by Crippen LogP contribution is 2.53. The van der Waals surface area contributed by atoms with Gasteiger partial charge < -0.3 is 19.9 Å². The van der Waals surface area contributed by atoms with Gasteiger partial charge in [0.1, 0.15) is 6.23 Å². The summed E-state index contributed by atoms with van der Waals surface area (Å²) in [6.07, 6.45) is 2.23. The van der Waals surface area contributed by atoms with Gasteiger partial charge >= 0.3 is 5.69 Å². The molecule has 8 heteroatoms. The average Bonchev–Trinajstić information content (AvgIpc) is 3.42. The number of methoxy groups -OCH3 is 2. The summed E-state index contributed by atoms with van der Waals surface area (Å²) in [5.41, 5.74) is 7.73. The van der Waals surface area contributed by atoms with Gasteiger partial charge in [-0.25, -0.2) is 4.79 Å². The van der Waals surface area contributed by atoms with Crippen LogP contribution in [0.1, 0.15) is 47.7 Å². The van der Waals surface area contributed by atoms with Crippen molar-refractivity contribution in [2.45, 2.75) is 49.7 Å². The van der Waals surface area contributed by atoms with Crippen LogP contribution in [0, 0.1) is 12.8 Å². The van der Waals surface area contributed by atoms with E-state index in [4.69, 9.17) is 19.9 Å². The molecule has 5 rings (SSSR count). The second kappa shape index (κ2) is 12.6. The number of hydrogen-bond acceptors (Lipinski definition) is 6. The van der Waals surface area contributed by atoms with Crippen LogP contribution in [-0.2, 0) is 19.6 Å². The number of nitrogens with zero attached hydrogens (tertiary/aromatic N) is 1. The molecule has 3 aromatic carbocycles. The number of H-pyrrole nitrogens is 1. The summed E-state index contributed by atoms with van der Waals surface area (Å²) in [4.78, 5) is 27.3. The van der Waals surface area contributed by atoms with Crippen molar-refractivity contribution in [3.05, 3.63) is 140 Å². The minimum absolute atomic E-state index is 0.0174. The smallest absolute Gasteiger partial charge is 0.330 e. The monoisotopic (exact) mass is 569 g/mol. The van der Waals surface area contributed by atoms with E-state index < -0.39 is 28.7 Å². The number of hydrogen-bond donors (Lipinski definition) is 2. The third-order valence-electron chi connectivity index (χ3n) is 8.68. The number of ether oxygens (including phenoxy) is 3. The van der Waals surface area contributed by atoms with Gasteiger partial charge in [0.2, 0.25) is 0 Å². The van der Waals surface area contributed by atoms with Crippen molar-refractivity contribution in [1.29, 1.82) is 0 Å². The molecule has 3 atom stereocenters. The fraction of sp³-hybridized carbons (Fsp3) is 0.353. The zero-order valence-electron chi connectivity index (χ0n) is 24.4. The summed E-state index contributed by atoms with van der Waals surface area (Å²) in [5, 5.41) is 0. The summed E-state index contributed by atoms with van der Waals surface area (Å²) in [5.74, 6) is -1.22. The molecular weight excluding hydrogens is 530 g/mol. The van der Waals surface area contributed by atoms with E-state index in [1.54, 1.807) is 27.3 Å². The number of nitrogens with two attached hydrogens (primary N) is 1. The van der Waals surface area contributed by atoms with Gasteiger partial charge in [0, 0.05) is 32.4 Å². The third kappa shape index (κ3) is 5.16. The largest absolute Gasteiger partial charge is 0.354 e. The van der Waals surface area contributed by atoms with Crippen LogP contribution in [0.4, 0.5) is 0 Å². The molecule has 0 amide bonds. The van der Waals surface area contributed by atoms with E-state index in [1.807, 2.05) is 54.6 Å². The lowest BCUT2D eigenvalue weighted by Crippen LogP contribution is -2.58. The fourth-order valence-corrected chi connectivity index (χ4v) is 6.69. The molecule has 0 radical (unpaired) electrons. The molecule has 0 spiro atoms. The molecular formula is C34H39N3O5. The summed E-state index contributed by atoms with van der Waals surface area (Å²) in [6, 6.07) is 30.8. The first-order chi connectivity index (χ1) is 20.4. The maximum absolute atomic E-state index is 12.8. The molecule has 0 bridgehead atoms. The second-order valence-corrected chi connectivity index (χ2v) is 10.9. The Morgan fingerprint density at radius 2 is 1.38 bits per heavy atom. The summed E-state index contributed by atoms with van der Waals surface area (Å²) in [7, 11) is 3.35. The van der Waals surface area contributed by atoms with Crippen LogP contribution in [0.15, 0.2) is 107 Å². The molecule has 1 aromatic heterocycles. The van der Waals surface area contributed by atoms with Gasteiger partial charge in [-0.15, -0.1) is 0 Å². The molecule has 0 unspecified atom stereocenters. The molecule has 1 fully saturated rings. The van der Waals surface area contributed by atoms with E-state index >= 15 is 0 Å². The van der Waals surface area contributed by atoms with Gasteiger partial charge in [-0.3, -0.25) is 14.3 Å². The van der Waals surface area contributed by atoms with E-state index in [-0.39, 0.29) is 12.0 Å². The SMILES string of the molecule is COC(C[C@H]1O[C@@H](n2cc(C)c(=O)[nH]c2=O)C[C@@H]1CCN)(OC)C(c1ccccc1)(c1ccccc1)c1ccccc1. The van der Waals surface area contributed by atoms with Crippen LogP contribution in [0.3, 0.4) is 0 Å². The Balaban J connectivity index is 1.69. The maximum Gasteiger partial charge on any atom is 0.330 e. The number of benzene rings is 3. The molecule has 220 valence electrons. The third-order valence-corrected chi connectivity index (χ3v) is 8.68. The van der Waals surface area contributed by atoms with Crippen LogP contribution in [-0.4, -0.2) is 42.2 Å². The normalized spacial score (nSPS) is 19.2. The minimum atomic E-state index is -1.24. The van der Waals surface area contributed by atoms with E-state index in [9.17, 15) is 9.59 Å². The summed E-state index contributed by atoms with van der Waals surface area (Å²) >= 11 is 0. The predicted molar refractivity (Wildman–Crippen MR) is 162 cm³/mol. The highest BCUT2D eigenvalue weighted by atomic mass is 16.7. The Hall–Kier alpha value is -3.82. The van der Waals surface area contributed by atoms with Gasteiger partial charge in [0.15, 0.2) is 5.79 Å². The van der Waals surface area contributed by atoms with Gasteiger partial charge in [0.25, 0.3) is 5.56 Å². The molecule has 0 aliphatic carbocycles. The standard InChI is InChI=1S/C34H39N3O5/c1-24-23-37(32(39)36-31(24)38)30-21-25(19-20-35)29(42-30)22-33(40-2,41-3)34(26-13-7-4-8-14-26,27-15-9-5-10-16-27)28-17-11-6-12-18-28/h4-18,23,25,29-30H,19-22,35H2,1-3H3,(H,36,38,39)/t25-,29+,30+/m0/s1. The van der Waals surface area contributed by atoms with Crippen LogP contribution in [0.25, 0.3) is 0 Å². The molecule has 8 nitrogen and oxygen atoms in total.